The van der Waals surface area contributed by atoms with Crippen LogP contribution in [0.1, 0.15) is 18.4 Å². The van der Waals surface area contributed by atoms with E-state index in [2.05, 4.69) is 0 Å². The van der Waals surface area contributed by atoms with Gasteiger partial charge in [-0.2, -0.15) is 4.31 Å². The summed E-state index contributed by atoms with van der Waals surface area (Å²) in [5.74, 6) is -0.0916. The van der Waals surface area contributed by atoms with Crippen molar-refractivity contribution in [2.24, 2.45) is 0 Å². The molecule has 0 radical (unpaired) electrons. The van der Waals surface area contributed by atoms with Crippen LogP contribution in [0.3, 0.4) is 0 Å². The zero-order chi connectivity index (χ0) is 18.9. The molecule has 2 heterocycles. The molecule has 2 fully saturated rings. The molecule has 0 spiro atoms. The first kappa shape index (κ1) is 18.7. The molecule has 0 N–H and O–H groups in total. The Balaban J connectivity index is 1.73. The average Bonchev–Trinajstić information content (AvgIpc) is 3.15. The number of benzene rings is 1. The van der Waals surface area contributed by atoms with Crippen LogP contribution in [0.5, 0.6) is 0 Å². The first-order valence-corrected chi connectivity index (χ1v) is 9.91. The number of carbonyl (C=O) groups is 1. The van der Waals surface area contributed by atoms with Crippen molar-refractivity contribution in [3.05, 3.63) is 33.9 Å². The molecule has 3 rings (SSSR count). The number of hydrogen-bond acceptors (Lipinski definition) is 6. The number of ether oxygens (including phenoxy) is 1. The summed E-state index contributed by atoms with van der Waals surface area (Å²) in [5.41, 5.74) is -0.103. The Morgan fingerprint density at radius 2 is 1.96 bits per heavy atom. The Morgan fingerprint density at radius 1 is 1.27 bits per heavy atom. The Labute approximate surface area is 151 Å². The van der Waals surface area contributed by atoms with Gasteiger partial charge in [-0.1, -0.05) is 6.07 Å². The van der Waals surface area contributed by atoms with Gasteiger partial charge in [0.2, 0.25) is 10.0 Å². The van der Waals surface area contributed by atoms with Crippen molar-refractivity contribution in [1.29, 1.82) is 0 Å². The summed E-state index contributed by atoms with van der Waals surface area (Å²) in [7, 11) is -3.86. The fourth-order valence-corrected chi connectivity index (χ4v) is 5.01. The summed E-state index contributed by atoms with van der Waals surface area (Å²) < 4.78 is 32.5. The normalized spacial score (nSPS) is 21.7. The Hall–Kier alpha value is -2.04. The summed E-state index contributed by atoms with van der Waals surface area (Å²) in [6, 6.07) is 4.03. The molecule has 1 aromatic rings. The SMILES string of the molecule is Cc1c([N+](=O)[O-])cccc1S(=O)(=O)N1CCN(C(=O)[C@H]2CCCO2)CC1. The van der Waals surface area contributed by atoms with E-state index in [1.807, 2.05) is 0 Å². The molecule has 0 unspecified atom stereocenters. The number of carbonyl (C=O) groups excluding carboxylic acids is 1. The van der Waals surface area contributed by atoms with Crippen molar-refractivity contribution in [2.45, 2.75) is 30.8 Å². The van der Waals surface area contributed by atoms with Crippen molar-refractivity contribution < 1.29 is 22.9 Å². The van der Waals surface area contributed by atoms with Crippen molar-refractivity contribution in [1.82, 2.24) is 9.21 Å². The lowest BCUT2D eigenvalue weighted by Gasteiger charge is -2.35. The Kier molecular flexibility index (Phi) is 5.26. The van der Waals surface area contributed by atoms with Crippen molar-refractivity contribution in [2.75, 3.05) is 32.8 Å². The number of sulfonamides is 1. The minimum Gasteiger partial charge on any atom is -0.368 e. The molecular weight excluding hydrogens is 362 g/mol. The van der Waals surface area contributed by atoms with Gasteiger partial charge in [0.05, 0.1) is 9.82 Å². The summed E-state index contributed by atoms with van der Waals surface area (Å²) in [6.07, 6.45) is 1.14. The number of piperazine rings is 1. The predicted molar refractivity (Wildman–Crippen MR) is 92.1 cm³/mol. The highest BCUT2D eigenvalue weighted by Crippen LogP contribution is 2.28. The van der Waals surface area contributed by atoms with Crippen molar-refractivity contribution >= 4 is 21.6 Å². The van der Waals surface area contributed by atoms with Gasteiger partial charge >= 0.3 is 0 Å². The molecule has 2 saturated heterocycles. The Morgan fingerprint density at radius 3 is 2.54 bits per heavy atom. The molecular formula is C16H21N3O6S. The molecule has 2 aliphatic heterocycles. The highest BCUT2D eigenvalue weighted by Gasteiger charge is 2.35. The lowest BCUT2D eigenvalue weighted by atomic mass is 10.2. The van der Waals surface area contributed by atoms with Crippen LogP contribution >= 0.6 is 0 Å². The smallest absolute Gasteiger partial charge is 0.273 e. The van der Waals surface area contributed by atoms with Crippen LogP contribution in [0.15, 0.2) is 23.1 Å². The predicted octanol–water partition coefficient (Wildman–Crippen LogP) is 0.915. The molecule has 0 saturated carbocycles. The van der Waals surface area contributed by atoms with Crippen LogP contribution in [0.4, 0.5) is 5.69 Å². The van der Waals surface area contributed by atoms with E-state index in [4.69, 9.17) is 4.74 Å². The minimum atomic E-state index is -3.86. The second kappa shape index (κ2) is 7.29. The minimum absolute atomic E-state index is 0.0643. The van der Waals surface area contributed by atoms with E-state index in [-0.39, 0.29) is 48.2 Å². The number of nitro benzene ring substituents is 1. The van der Waals surface area contributed by atoms with Crippen LogP contribution in [0, 0.1) is 17.0 Å². The van der Waals surface area contributed by atoms with E-state index in [1.165, 1.54) is 29.4 Å². The van der Waals surface area contributed by atoms with Gasteiger partial charge in [0.15, 0.2) is 0 Å². The van der Waals surface area contributed by atoms with E-state index >= 15 is 0 Å². The number of rotatable bonds is 4. The first-order chi connectivity index (χ1) is 12.3. The summed E-state index contributed by atoms with van der Waals surface area (Å²) in [6.45, 7) is 2.89. The van der Waals surface area contributed by atoms with E-state index in [9.17, 15) is 23.3 Å². The lowest BCUT2D eigenvalue weighted by Crippen LogP contribution is -2.52. The molecule has 1 aromatic carbocycles. The van der Waals surface area contributed by atoms with Crippen LogP contribution < -0.4 is 0 Å². The van der Waals surface area contributed by atoms with Crippen LogP contribution in [-0.2, 0) is 19.6 Å². The highest BCUT2D eigenvalue weighted by atomic mass is 32.2. The largest absolute Gasteiger partial charge is 0.368 e. The van der Waals surface area contributed by atoms with Gasteiger partial charge in [-0.05, 0) is 25.8 Å². The van der Waals surface area contributed by atoms with Crippen molar-refractivity contribution in [3.8, 4) is 0 Å². The summed E-state index contributed by atoms with van der Waals surface area (Å²) in [4.78, 5) is 24.4. The summed E-state index contributed by atoms with van der Waals surface area (Å²) >= 11 is 0. The van der Waals surface area contributed by atoms with Gasteiger partial charge in [-0.25, -0.2) is 8.42 Å². The summed E-state index contributed by atoms with van der Waals surface area (Å²) in [5, 5.41) is 11.1. The topological polar surface area (TPSA) is 110 Å². The molecule has 9 nitrogen and oxygen atoms in total. The van der Waals surface area contributed by atoms with Crippen LogP contribution in [0.2, 0.25) is 0 Å². The second-order valence-electron chi connectivity index (χ2n) is 6.39. The van der Waals surface area contributed by atoms with Crippen molar-refractivity contribution in [3.63, 3.8) is 0 Å². The molecule has 1 atom stereocenters. The van der Waals surface area contributed by atoms with Gasteiger partial charge in [0.1, 0.15) is 6.10 Å². The third-order valence-electron chi connectivity index (χ3n) is 4.83. The number of nitro groups is 1. The third-order valence-corrected chi connectivity index (χ3v) is 6.87. The fraction of sp³-hybridized carbons (Fsp3) is 0.562. The fourth-order valence-electron chi connectivity index (χ4n) is 3.34. The highest BCUT2D eigenvalue weighted by molar-refractivity contribution is 7.89. The molecule has 142 valence electrons. The van der Waals surface area contributed by atoms with E-state index in [1.54, 1.807) is 4.90 Å². The standard InChI is InChI=1S/C16H21N3O6S/c1-12-13(19(21)22)4-2-6-15(12)26(23,24)18-9-7-17(8-10-18)16(20)14-5-3-11-25-14/h2,4,6,14H,3,5,7-11H2,1H3/t14-/m1/s1. The molecule has 1 amide bonds. The maximum atomic E-state index is 12.9. The number of hydrogen-bond donors (Lipinski definition) is 0. The zero-order valence-corrected chi connectivity index (χ0v) is 15.3. The second-order valence-corrected chi connectivity index (χ2v) is 8.29. The molecule has 26 heavy (non-hydrogen) atoms. The molecule has 0 bridgehead atoms. The molecule has 0 aliphatic carbocycles. The van der Waals surface area contributed by atoms with Gasteiger partial charge in [-0.15, -0.1) is 0 Å². The van der Waals surface area contributed by atoms with Gasteiger partial charge in [-0.3, -0.25) is 14.9 Å². The van der Waals surface area contributed by atoms with Gasteiger partial charge < -0.3 is 9.64 Å². The molecule has 0 aromatic heterocycles. The van der Waals surface area contributed by atoms with Crippen LogP contribution in [0.25, 0.3) is 0 Å². The van der Waals surface area contributed by atoms with Gasteiger partial charge in [0.25, 0.3) is 11.6 Å². The quantitative estimate of drug-likeness (QED) is 0.565. The maximum Gasteiger partial charge on any atom is 0.273 e. The van der Waals surface area contributed by atoms with Gasteiger partial charge in [0, 0.05) is 44.4 Å². The third kappa shape index (κ3) is 3.44. The zero-order valence-electron chi connectivity index (χ0n) is 14.5. The number of amides is 1. The Bertz CT molecular complexity index is 811. The van der Waals surface area contributed by atoms with E-state index < -0.39 is 21.1 Å². The lowest BCUT2D eigenvalue weighted by molar-refractivity contribution is -0.385. The average molecular weight is 383 g/mol. The van der Waals surface area contributed by atoms with Crippen LogP contribution in [-0.4, -0.2) is 67.3 Å². The first-order valence-electron chi connectivity index (χ1n) is 8.47. The van der Waals surface area contributed by atoms with E-state index in [0.29, 0.717) is 13.0 Å². The maximum absolute atomic E-state index is 12.9. The number of nitrogens with zero attached hydrogens (tertiary/aromatic N) is 3. The monoisotopic (exact) mass is 383 g/mol. The molecule has 2 aliphatic rings. The van der Waals surface area contributed by atoms with E-state index in [0.717, 1.165) is 6.42 Å². The molecule has 10 heteroatoms.